The molecule has 0 saturated carbocycles. The van der Waals surface area contributed by atoms with Gasteiger partial charge in [-0.15, -0.1) is 0 Å². The molecule has 1 unspecified atom stereocenters. The van der Waals surface area contributed by atoms with E-state index in [0.29, 0.717) is 5.56 Å². The van der Waals surface area contributed by atoms with Crippen molar-refractivity contribution in [2.75, 3.05) is 6.54 Å². The van der Waals surface area contributed by atoms with E-state index >= 15 is 0 Å². The predicted octanol–water partition coefficient (Wildman–Crippen LogP) is 0.415. The summed E-state index contributed by atoms with van der Waals surface area (Å²) in [5.74, 6) is 0. The van der Waals surface area contributed by atoms with Crippen LogP contribution in [0.5, 0.6) is 0 Å². The second-order valence-corrected chi connectivity index (χ2v) is 5.85. The van der Waals surface area contributed by atoms with E-state index in [-0.39, 0.29) is 18.0 Å². The molecule has 0 bridgehead atoms. The Morgan fingerprint density at radius 1 is 1.58 bits per heavy atom. The summed E-state index contributed by atoms with van der Waals surface area (Å²) in [6, 6.07) is 1.64. The van der Waals surface area contributed by atoms with Crippen LogP contribution in [0.25, 0.3) is 0 Å². The summed E-state index contributed by atoms with van der Waals surface area (Å²) in [7, 11) is -1.93. The quantitative estimate of drug-likeness (QED) is 0.801. The molecule has 0 aliphatic carbocycles. The van der Waals surface area contributed by atoms with Crippen LogP contribution >= 0.6 is 0 Å². The minimum Gasteiger partial charge on any atom is -0.472 e. The molecule has 7 nitrogen and oxygen atoms in total. The van der Waals surface area contributed by atoms with Crippen LogP contribution in [0.4, 0.5) is 0 Å². The molecule has 0 spiro atoms. The van der Waals surface area contributed by atoms with Crippen LogP contribution in [0.2, 0.25) is 0 Å². The molecule has 19 heavy (non-hydrogen) atoms. The van der Waals surface area contributed by atoms with Gasteiger partial charge < -0.3 is 14.1 Å². The van der Waals surface area contributed by atoms with Gasteiger partial charge in [0.2, 0.25) is 0 Å². The van der Waals surface area contributed by atoms with Gasteiger partial charge in [-0.2, -0.15) is 0 Å². The van der Waals surface area contributed by atoms with E-state index in [0.717, 1.165) is 0 Å². The number of aromatic nitrogens is 2. The van der Waals surface area contributed by atoms with Crippen molar-refractivity contribution in [3.63, 3.8) is 0 Å². The Kier molecular flexibility index (Phi) is 4.03. The molecular weight excluding hydrogens is 270 g/mol. The minimum atomic E-state index is -3.62. The number of imidazole rings is 1. The standard InChI is InChI=1S/C11H15N3O4S/c1-14-6-11(12-8-14)19(16,17)13-4-2-10(15)9-3-5-18-7-9/h3,5-8,10,13,15H,2,4H2,1H3. The fourth-order valence-corrected chi connectivity index (χ4v) is 2.59. The van der Waals surface area contributed by atoms with Gasteiger partial charge in [0.1, 0.15) is 0 Å². The fraction of sp³-hybridized carbons (Fsp3) is 0.364. The molecule has 2 rings (SSSR count). The van der Waals surface area contributed by atoms with Crippen molar-refractivity contribution >= 4 is 10.0 Å². The smallest absolute Gasteiger partial charge is 0.259 e. The lowest BCUT2D eigenvalue weighted by atomic mass is 10.1. The molecule has 2 heterocycles. The number of aliphatic hydroxyl groups is 1. The number of nitrogens with zero attached hydrogens (tertiary/aromatic N) is 2. The zero-order valence-corrected chi connectivity index (χ0v) is 11.2. The molecule has 1 atom stereocenters. The third kappa shape index (κ3) is 3.43. The minimum absolute atomic E-state index is 0.0344. The maximum absolute atomic E-state index is 11.8. The highest BCUT2D eigenvalue weighted by Gasteiger charge is 2.17. The lowest BCUT2D eigenvalue weighted by Gasteiger charge is -2.08. The number of nitrogens with one attached hydrogen (secondary N) is 1. The average molecular weight is 285 g/mol. The van der Waals surface area contributed by atoms with E-state index in [9.17, 15) is 13.5 Å². The van der Waals surface area contributed by atoms with Crippen LogP contribution in [0.3, 0.4) is 0 Å². The first-order valence-corrected chi connectivity index (χ1v) is 7.15. The average Bonchev–Trinajstić information content (AvgIpc) is 2.99. The third-order valence-electron chi connectivity index (χ3n) is 2.59. The molecule has 0 aliphatic rings. The van der Waals surface area contributed by atoms with Crippen molar-refractivity contribution < 1.29 is 17.9 Å². The van der Waals surface area contributed by atoms with Crippen LogP contribution in [0.1, 0.15) is 18.1 Å². The molecule has 2 aromatic rings. The maximum Gasteiger partial charge on any atom is 0.259 e. The third-order valence-corrected chi connectivity index (χ3v) is 3.94. The Morgan fingerprint density at radius 3 is 2.95 bits per heavy atom. The Labute approximate surface area is 110 Å². The number of aliphatic hydroxyl groups excluding tert-OH is 1. The maximum atomic E-state index is 11.8. The van der Waals surface area contributed by atoms with Gasteiger partial charge >= 0.3 is 0 Å². The molecule has 0 saturated heterocycles. The molecule has 104 valence electrons. The summed E-state index contributed by atoms with van der Waals surface area (Å²) < 4.78 is 32.4. The first-order valence-electron chi connectivity index (χ1n) is 5.67. The summed E-state index contributed by atoms with van der Waals surface area (Å²) >= 11 is 0. The normalized spacial score (nSPS) is 13.6. The predicted molar refractivity (Wildman–Crippen MR) is 66.7 cm³/mol. The Bertz CT molecular complexity index is 618. The summed E-state index contributed by atoms with van der Waals surface area (Å²) in [6.45, 7) is 0.116. The van der Waals surface area contributed by atoms with Gasteiger partial charge in [0.15, 0.2) is 5.03 Å². The van der Waals surface area contributed by atoms with Crippen LogP contribution < -0.4 is 4.72 Å². The molecule has 0 aromatic carbocycles. The molecular formula is C11H15N3O4S. The first-order chi connectivity index (χ1) is 8.99. The van der Waals surface area contributed by atoms with Gasteiger partial charge in [-0.05, 0) is 12.5 Å². The Hall–Kier alpha value is -1.64. The number of aryl methyl sites for hydroxylation is 1. The highest BCUT2D eigenvalue weighted by atomic mass is 32.2. The monoisotopic (exact) mass is 285 g/mol. The van der Waals surface area contributed by atoms with Crippen molar-refractivity contribution in [1.82, 2.24) is 14.3 Å². The van der Waals surface area contributed by atoms with E-state index < -0.39 is 16.1 Å². The SMILES string of the molecule is Cn1cnc(S(=O)(=O)NCCC(O)c2ccoc2)c1. The Morgan fingerprint density at radius 2 is 2.37 bits per heavy atom. The molecule has 0 fully saturated rings. The highest BCUT2D eigenvalue weighted by molar-refractivity contribution is 7.89. The van der Waals surface area contributed by atoms with Gasteiger partial charge in [-0.1, -0.05) is 0 Å². The topological polar surface area (TPSA) is 97.4 Å². The first kappa shape index (κ1) is 13.8. The van der Waals surface area contributed by atoms with Gasteiger partial charge in [0, 0.05) is 25.4 Å². The zero-order chi connectivity index (χ0) is 13.9. The number of furan rings is 1. The number of hydrogen-bond donors (Lipinski definition) is 2. The second-order valence-electron chi connectivity index (χ2n) is 4.14. The van der Waals surface area contributed by atoms with E-state index in [1.807, 2.05) is 0 Å². The molecule has 0 radical (unpaired) electrons. The van der Waals surface area contributed by atoms with Crippen LogP contribution in [0.15, 0.2) is 40.6 Å². The summed E-state index contributed by atoms with van der Waals surface area (Å²) in [5, 5.41) is 9.73. The van der Waals surface area contributed by atoms with Gasteiger partial charge in [-0.25, -0.2) is 18.1 Å². The molecule has 0 amide bonds. The van der Waals surface area contributed by atoms with Crippen LogP contribution in [-0.4, -0.2) is 29.6 Å². The van der Waals surface area contributed by atoms with Crippen molar-refractivity contribution in [1.29, 1.82) is 0 Å². The number of sulfonamides is 1. The highest BCUT2D eigenvalue weighted by Crippen LogP contribution is 2.16. The van der Waals surface area contributed by atoms with Gasteiger partial charge in [0.25, 0.3) is 10.0 Å². The largest absolute Gasteiger partial charge is 0.472 e. The van der Waals surface area contributed by atoms with Crippen molar-refractivity contribution in [3.8, 4) is 0 Å². The van der Waals surface area contributed by atoms with Gasteiger partial charge in [0.05, 0.1) is 25.0 Å². The van der Waals surface area contributed by atoms with Crippen molar-refractivity contribution in [3.05, 3.63) is 36.7 Å². The Balaban J connectivity index is 1.89. The molecule has 2 N–H and O–H groups in total. The van der Waals surface area contributed by atoms with Crippen molar-refractivity contribution in [2.24, 2.45) is 7.05 Å². The zero-order valence-electron chi connectivity index (χ0n) is 10.4. The second kappa shape index (κ2) is 5.55. The molecule has 8 heteroatoms. The van der Waals surface area contributed by atoms with Crippen LogP contribution in [0, 0.1) is 0 Å². The van der Waals surface area contributed by atoms with E-state index in [1.54, 1.807) is 17.7 Å². The van der Waals surface area contributed by atoms with Gasteiger partial charge in [-0.3, -0.25) is 0 Å². The van der Waals surface area contributed by atoms with E-state index in [1.165, 1.54) is 25.1 Å². The van der Waals surface area contributed by atoms with E-state index in [4.69, 9.17) is 4.42 Å². The molecule has 0 aliphatic heterocycles. The summed E-state index contributed by atoms with van der Waals surface area (Å²) in [6.07, 6.45) is 5.20. The lowest BCUT2D eigenvalue weighted by molar-refractivity contribution is 0.168. The molecule has 2 aromatic heterocycles. The fourth-order valence-electron chi connectivity index (χ4n) is 1.56. The summed E-state index contributed by atoms with van der Waals surface area (Å²) in [4.78, 5) is 3.77. The summed E-state index contributed by atoms with van der Waals surface area (Å²) in [5.41, 5.74) is 0.622. The van der Waals surface area contributed by atoms with Crippen molar-refractivity contribution in [2.45, 2.75) is 17.6 Å². The lowest BCUT2D eigenvalue weighted by Crippen LogP contribution is -2.26. The number of hydrogen-bond acceptors (Lipinski definition) is 5. The number of rotatable bonds is 6. The van der Waals surface area contributed by atoms with E-state index in [2.05, 4.69) is 9.71 Å². The van der Waals surface area contributed by atoms with Crippen LogP contribution in [-0.2, 0) is 17.1 Å².